The Kier molecular flexibility index (Phi) is 6.30. The van der Waals surface area contributed by atoms with Gasteiger partial charge in [-0.2, -0.15) is 18.4 Å². The van der Waals surface area contributed by atoms with Crippen LogP contribution in [0.4, 0.5) is 19.0 Å². The molecule has 2 heterocycles. The first-order chi connectivity index (χ1) is 14.2. The van der Waals surface area contributed by atoms with Crippen molar-refractivity contribution in [2.24, 2.45) is 5.92 Å². The summed E-state index contributed by atoms with van der Waals surface area (Å²) in [5, 5.41) is 12.4. The van der Waals surface area contributed by atoms with Gasteiger partial charge in [0.2, 0.25) is 0 Å². The summed E-state index contributed by atoms with van der Waals surface area (Å²) >= 11 is 0. The Labute approximate surface area is 173 Å². The predicted octanol–water partition coefficient (Wildman–Crippen LogP) is 4.63. The van der Waals surface area contributed by atoms with Crippen LogP contribution in [0.15, 0.2) is 36.5 Å². The number of amides is 1. The Morgan fingerprint density at radius 2 is 2.10 bits per heavy atom. The van der Waals surface area contributed by atoms with Crippen LogP contribution in [0.25, 0.3) is 0 Å². The summed E-state index contributed by atoms with van der Waals surface area (Å²) in [5.41, 5.74) is 0.801. The van der Waals surface area contributed by atoms with Crippen molar-refractivity contribution in [2.45, 2.75) is 38.9 Å². The fourth-order valence-electron chi connectivity index (χ4n) is 3.78. The van der Waals surface area contributed by atoms with Gasteiger partial charge in [-0.1, -0.05) is 18.6 Å². The molecule has 1 saturated heterocycles. The summed E-state index contributed by atoms with van der Waals surface area (Å²) in [6.45, 7) is 4.84. The van der Waals surface area contributed by atoms with Crippen LogP contribution in [-0.2, 0) is 6.18 Å². The molecule has 1 unspecified atom stereocenters. The highest BCUT2D eigenvalue weighted by Crippen LogP contribution is 2.29. The summed E-state index contributed by atoms with van der Waals surface area (Å²) < 4.78 is 38.1. The smallest absolute Gasteiger partial charge is 0.368 e. The standard InChI is InChI=1S/C22H23F3N4O/c1-14-5-6-16(11-26)18(10-14)21(30)29-9-3-4-15(2)19(29)13-28-20-8-7-17(12-27-20)22(23,24)25/h5-8,10,12,15,19H,3-4,9,13H2,1-2H3,(H,27,28)/t15-,19?/m1/s1. The molecule has 1 aromatic carbocycles. The second-order valence-corrected chi connectivity index (χ2v) is 7.66. The van der Waals surface area contributed by atoms with Crippen LogP contribution < -0.4 is 5.32 Å². The number of aromatic nitrogens is 1. The van der Waals surface area contributed by atoms with E-state index in [9.17, 15) is 23.2 Å². The maximum Gasteiger partial charge on any atom is 0.417 e. The van der Waals surface area contributed by atoms with Gasteiger partial charge in [0.25, 0.3) is 5.91 Å². The van der Waals surface area contributed by atoms with Gasteiger partial charge in [0.15, 0.2) is 0 Å². The van der Waals surface area contributed by atoms with Gasteiger partial charge < -0.3 is 10.2 Å². The van der Waals surface area contributed by atoms with Crippen LogP contribution in [0.5, 0.6) is 0 Å². The molecule has 1 N–H and O–H groups in total. The second-order valence-electron chi connectivity index (χ2n) is 7.66. The zero-order valence-electron chi connectivity index (χ0n) is 16.8. The lowest BCUT2D eigenvalue weighted by Gasteiger charge is -2.40. The molecule has 158 valence electrons. The largest absolute Gasteiger partial charge is 0.417 e. The van der Waals surface area contributed by atoms with Crippen LogP contribution in [0, 0.1) is 24.2 Å². The number of alkyl halides is 3. The monoisotopic (exact) mass is 416 g/mol. The van der Waals surface area contributed by atoms with Crippen molar-refractivity contribution >= 4 is 11.7 Å². The predicted molar refractivity (Wildman–Crippen MR) is 107 cm³/mol. The van der Waals surface area contributed by atoms with Crippen LogP contribution in [-0.4, -0.2) is 34.9 Å². The quantitative estimate of drug-likeness (QED) is 0.789. The SMILES string of the molecule is Cc1ccc(C#N)c(C(=O)N2CCC[C@@H](C)C2CNc2ccc(C(F)(F)F)cn2)c1. The topological polar surface area (TPSA) is 69.0 Å². The molecule has 1 aliphatic heterocycles. The number of anilines is 1. The number of nitrogens with one attached hydrogen (secondary N) is 1. The van der Waals surface area contributed by atoms with Crippen molar-refractivity contribution in [2.75, 3.05) is 18.4 Å². The zero-order valence-corrected chi connectivity index (χ0v) is 16.8. The van der Waals surface area contributed by atoms with Gasteiger partial charge in [-0.3, -0.25) is 4.79 Å². The molecule has 3 rings (SSSR count). The third-order valence-electron chi connectivity index (χ3n) is 5.49. The van der Waals surface area contributed by atoms with E-state index >= 15 is 0 Å². The zero-order chi connectivity index (χ0) is 21.9. The van der Waals surface area contributed by atoms with Crippen molar-refractivity contribution in [1.29, 1.82) is 5.26 Å². The average molecular weight is 416 g/mol. The van der Waals surface area contributed by atoms with Crippen molar-refractivity contribution in [1.82, 2.24) is 9.88 Å². The van der Waals surface area contributed by atoms with Gasteiger partial charge in [-0.15, -0.1) is 0 Å². The number of rotatable bonds is 4. The molecule has 0 radical (unpaired) electrons. The number of halogens is 3. The van der Waals surface area contributed by atoms with E-state index in [1.165, 1.54) is 6.07 Å². The number of aryl methyl sites for hydroxylation is 1. The average Bonchev–Trinajstić information content (AvgIpc) is 2.72. The van der Waals surface area contributed by atoms with Gasteiger partial charge in [0.1, 0.15) is 5.82 Å². The highest BCUT2D eigenvalue weighted by molar-refractivity contribution is 5.97. The third-order valence-corrected chi connectivity index (χ3v) is 5.49. The van der Waals surface area contributed by atoms with E-state index in [4.69, 9.17) is 0 Å². The molecule has 0 bridgehead atoms. The number of nitrogens with zero attached hydrogens (tertiary/aromatic N) is 3. The summed E-state index contributed by atoms with van der Waals surface area (Å²) in [6.07, 6.45) is -1.84. The van der Waals surface area contributed by atoms with Crippen LogP contribution in [0.2, 0.25) is 0 Å². The van der Waals surface area contributed by atoms with E-state index < -0.39 is 11.7 Å². The Balaban J connectivity index is 1.78. The van der Waals surface area contributed by atoms with Crippen molar-refractivity contribution in [3.05, 3.63) is 58.8 Å². The van der Waals surface area contributed by atoms with Crippen molar-refractivity contribution < 1.29 is 18.0 Å². The Morgan fingerprint density at radius 1 is 1.33 bits per heavy atom. The molecule has 1 aliphatic rings. The normalized spacial score (nSPS) is 19.3. The molecule has 0 aliphatic carbocycles. The fourth-order valence-corrected chi connectivity index (χ4v) is 3.78. The molecule has 5 nitrogen and oxygen atoms in total. The first-order valence-electron chi connectivity index (χ1n) is 9.79. The van der Waals surface area contributed by atoms with Crippen LogP contribution >= 0.6 is 0 Å². The van der Waals surface area contributed by atoms with Crippen molar-refractivity contribution in [3.63, 3.8) is 0 Å². The van der Waals surface area contributed by atoms with Crippen LogP contribution in [0.3, 0.4) is 0 Å². The Morgan fingerprint density at radius 3 is 2.73 bits per heavy atom. The Hall–Kier alpha value is -3.08. The van der Waals surface area contributed by atoms with Gasteiger partial charge in [0, 0.05) is 19.3 Å². The number of hydrogen-bond donors (Lipinski definition) is 1. The fraction of sp³-hybridized carbons (Fsp3) is 0.409. The number of nitriles is 1. The van der Waals surface area contributed by atoms with Gasteiger partial charge in [0.05, 0.1) is 28.8 Å². The van der Waals surface area contributed by atoms with Crippen molar-refractivity contribution in [3.8, 4) is 6.07 Å². The van der Waals surface area contributed by atoms with E-state index in [2.05, 4.69) is 16.4 Å². The van der Waals surface area contributed by atoms with Gasteiger partial charge in [-0.25, -0.2) is 4.98 Å². The van der Waals surface area contributed by atoms with Gasteiger partial charge >= 0.3 is 6.18 Å². The highest BCUT2D eigenvalue weighted by Gasteiger charge is 2.34. The summed E-state index contributed by atoms with van der Waals surface area (Å²) in [6, 6.07) is 9.35. The van der Waals surface area contributed by atoms with E-state index in [1.54, 1.807) is 23.1 Å². The number of carbonyl (C=O) groups is 1. The minimum Gasteiger partial charge on any atom is -0.368 e. The molecule has 1 aromatic heterocycles. The molecular weight excluding hydrogens is 393 g/mol. The minimum atomic E-state index is -4.43. The number of carbonyl (C=O) groups excluding carboxylic acids is 1. The highest BCUT2D eigenvalue weighted by atomic mass is 19.4. The second kappa shape index (κ2) is 8.74. The Bertz CT molecular complexity index is 950. The number of hydrogen-bond acceptors (Lipinski definition) is 4. The van der Waals surface area contributed by atoms with E-state index in [0.717, 1.165) is 30.7 Å². The first kappa shape index (κ1) is 21.6. The molecular formula is C22H23F3N4O. The number of pyridine rings is 1. The minimum absolute atomic E-state index is 0.164. The van der Waals surface area contributed by atoms with E-state index in [0.29, 0.717) is 30.0 Å². The lowest BCUT2D eigenvalue weighted by Crippen LogP contribution is -2.51. The van der Waals surface area contributed by atoms with E-state index in [1.807, 2.05) is 13.8 Å². The summed E-state index contributed by atoms with van der Waals surface area (Å²) in [4.78, 5) is 18.9. The number of benzene rings is 1. The summed E-state index contributed by atoms with van der Waals surface area (Å²) in [5.74, 6) is 0.315. The maximum absolute atomic E-state index is 13.3. The molecule has 8 heteroatoms. The van der Waals surface area contributed by atoms with Crippen LogP contribution in [0.1, 0.15) is 46.8 Å². The maximum atomic E-state index is 13.3. The molecule has 1 fully saturated rings. The van der Waals surface area contributed by atoms with Gasteiger partial charge in [-0.05, 0) is 49.9 Å². The number of piperidine rings is 1. The first-order valence-corrected chi connectivity index (χ1v) is 9.79. The lowest BCUT2D eigenvalue weighted by molar-refractivity contribution is -0.137. The molecule has 1 amide bonds. The molecule has 2 aromatic rings. The number of likely N-dealkylation sites (tertiary alicyclic amines) is 1. The molecule has 2 atom stereocenters. The molecule has 30 heavy (non-hydrogen) atoms. The molecule has 0 saturated carbocycles. The third kappa shape index (κ3) is 4.73. The molecule has 0 spiro atoms. The lowest BCUT2D eigenvalue weighted by atomic mass is 9.89. The van der Waals surface area contributed by atoms with E-state index in [-0.39, 0.29) is 17.9 Å². The summed E-state index contributed by atoms with van der Waals surface area (Å²) in [7, 11) is 0.